The average Bonchev–Trinajstić information content (AvgIpc) is 2.69. The molecule has 0 N–H and O–H groups in total. The highest BCUT2D eigenvalue weighted by Gasteiger charge is 2.03. The van der Waals surface area contributed by atoms with E-state index >= 15 is 0 Å². The quantitative estimate of drug-likeness (QED) is 0.631. The SMILES string of the molecule is Brc1nc2ccc(-c3ccccc3)cc2s1. The van der Waals surface area contributed by atoms with E-state index in [0.29, 0.717) is 0 Å². The molecule has 1 heterocycles. The first kappa shape index (κ1) is 10.00. The van der Waals surface area contributed by atoms with Crippen LogP contribution < -0.4 is 0 Å². The van der Waals surface area contributed by atoms with Gasteiger partial charge in [0.25, 0.3) is 0 Å². The normalized spacial score (nSPS) is 10.8. The summed E-state index contributed by atoms with van der Waals surface area (Å²) in [6.07, 6.45) is 0. The average molecular weight is 290 g/mol. The van der Waals surface area contributed by atoms with Crippen LogP contribution in [0.2, 0.25) is 0 Å². The van der Waals surface area contributed by atoms with E-state index in [0.717, 1.165) is 9.43 Å². The summed E-state index contributed by atoms with van der Waals surface area (Å²) in [6, 6.07) is 16.8. The Labute approximate surface area is 106 Å². The summed E-state index contributed by atoms with van der Waals surface area (Å²) in [5.41, 5.74) is 3.54. The van der Waals surface area contributed by atoms with Crippen LogP contribution in [0.25, 0.3) is 21.3 Å². The second kappa shape index (κ2) is 4.00. The topological polar surface area (TPSA) is 12.9 Å². The van der Waals surface area contributed by atoms with E-state index in [4.69, 9.17) is 0 Å². The molecule has 0 aliphatic carbocycles. The lowest BCUT2D eigenvalue weighted by Gasteiger charge is -2.00. The van der Waals surface area contributed by atoms with Gasteiger partial charge in [-0.2, -0.15) is 0 Å². The van der Waals surface area contributed by atoms with Gasteiger partial charge in [-0.25, -0.2) is 4.98 Å². The molecule has 0 bridgehead atoms. The number of hydrogen-bond acceptors (Lipinski definition) is 2. The molecule has 0 spiro atoms. The number of rotatable bonds is 1. The van der Waals surface area contributed by atoms with Crippen molar-refractivity contribution in [1.29, 1.82) is 0 Å². The summed E-state index contributed by atoms with van der Waals surface area (Å²) < 4.78 is 2.15. The number of fused-ring (bicyclic) bond motifs is 1. The molecule has 1 nitrogen and oxygen atoms in total. The summed E-state index contributed by atoms with van der Waals surface area (Å²) in [5, 5.41) is 0. The van der Waals surface area contributed by atoms with Crippen molar-refractivity contribution in [3.63, 3.8) is 0 Å². The zero-order valence-electron chi connectivity index (χ0n) is 8.35. The number of hydrogen-bond donors (Lipinski definition) is 0. The fraction of sp³-hybridized carbons (Fsp3) is 0. The first-order valence-corrected chi connectivity index (χ1v) is 6.55. The molecule has 3 rings (SSSR count). The van der Waals surface area contributed by atoms with Crippen LogP contribution in [0.4, 0.5) is 0 Å². The van der Waals surface area contributed by atoms with E-state index in [1.807, 2.05) is 6.07 Å². The molecule has 0 unspecified atom stereocenters. The predicted octanol–water partition coefficient (Wildman–Crippen LogP) is 4.73. The van der Waals surface area contributed by atoms with Gasteiger partial charge in [0.05, 0.1) is 10.2 Å². The maximum atomic E-state index is 4.38. The van der Waals surface area contributed by atoms with Crippen LogP contribution in [-0.2, 0) is 0 Å². The lowest BCUT2D eigenvalue weighted by molar-refractivity contribution is 1.45. The van der Waals surface area contributed by atoms with Crippen molar-refractivity contribution in [3.05, 3.63) is 52.4 Å². The summed E-state index contributed by atoms with van der Waals surface area (Å²) >= 11 is 5.08. The standard InChI is InChI=1S/C13H8BrNS/c14-13-15-11-7-6-10(8-12(11)16-13)9-4-2-1-3-5-9/h1-8H. The van der Waals surface area contributed by atoms with E-state index in [1.54, 1.807) is 11.3 Å². The van der Waals surface area contributed by atoms with Gasteiger partial charge < -0.3 is 0 Å². The first-order valence-electron chi connectivity index (χ1n) is 4.94. The zero-order chi connectivity index (χ0) is 11.0. The van der Waals surface area contributed by atoms with Crippen LogP contribution in [0.15, 0.2) is 52.4 Å². The van der Waals surface area contributed by atoms with Gasteiger partial charge in [-0.3, -0.25) is 0 Å². The van der Waals surface area contributed by atoms with Crippen LogP contribution in [0.1, 0.15) is 0 Å². The molecule has 0 radical (unpaired) electrons. The minimum Gasteiger partial charge on any atom is -0.229 e. The monoisotopic (exact) mass is 289 g/mol. The highest BCUT2D eigenvalue weighted by atomic mass is 79.9. The van der Waals surface area contributed by atoms with Crippen molar-refractivity contribution in [2.75, 3.05) is 0 Å². The number of benzene rings is 2. The summed E-state index contributed by atoms with van der Waals surface area (Å²) in [6.45, 7) is 0. The highest BCUT2D eigenvalue weighted by molar-refractivity contribution is 9.11. The molecule has 0 atom stereocenters. The van der Waals surface area contributed by atoms with Gasteiger partial charge in [0.1, 0.15) is 0 Å². The Bertz CT molecular complexity index is 631. The molecule has 0 aliphatic heterocycles. The summed E-state index contributed by atoms with van der Waals surface area (Å²) in [5.74, 6) is 0. The third-order valence-corrected chi connectivity index (χ3v) is 3.94. The van der Waals surface area contributed by atoms with Crippen molar-refractivity contribution in [1.82, 2.24) is 4.98 Å². The van der Waals surface area contributed by atoms with Gasteiger partial charge >= 0.3 is 0 Å². The molecule has 3 aromatic rings. The minimum atomic E-state index is 0.938. The Morgan fingerprint density at radius 2 is 1.75 bits per heavy atom. The third kappa shape index (κ3) is 1.77. The maximum Gasteiger partial charge on any atom is 0.160 e. The van der Waals surface area contributed by atoms with Crippen LogP contribution in [0.5, 0.6) is 0 Å². The lowest BCUT2D eigenvalue weighted by atomic mass is 10.1. The Kier molecular flexibility index (Phi) is 2.50. The number of thiazole rings is 1. The second-order valence-corrected chi connectivity index (χ2v) is 5.82. The fourth-order valence-electron chi connectivity index (χ4n) is 1.71. The zero-order valence-corrected chi connectivity index (χ0v) is 10.8. The molecule has 1 aromatic heterocycles. The van der Waals surface area contributed by atoms with E-state index in [9.17, 15) is 0 Å². The molecule has 3 heteroatoms. The minimum absolute atomic E-state index is 0.938. The summed E-state index contributed by atoms with van der Waals surface area (Å²) in [7, 11) is 0. The lowest BCUT2D eigenvalue weighted by Crippen LogP contribution is -1.76. The van der Waals surface area contributed by atoms with Crippen molar-refractivity contribution >= 4 is 37.5 Å². The third-order valence-electron chi connectivity index (χ3n) is 2.47. The van der Waals surface area contributed by atoms with Crippen LogP contribution >= 0.6 is 27.3 Å². The molecule has 0 saturated carbocycles. The van der Waals surface area contributed by atoms with Gasteiger partial charge in [-0.1, -0.05) is 36.4 Å². The predicted molar refractivity (Wildman–Crippen MR) is 72.8 cm³/mol. The second-order valence-electron chi connectivity index (χ2n) is 3.52. The summed E-state index contributed by atoms with van der Waals surface area (Å²) in [4.78, 5) is 4.38. The Morgan fingerprint density at radius 3 is 2.56 bits per heavy atom. The molecular formula is C13H8BrNS. The Hall–Kier alpha value is -1.19. The van der Waals surface area contributed by atoms with Crippen molar-refractivity contribution < 1.29 is 0 Å². The van der Waals surface area contributed by atoms with Gasteiger partial charge in [-0.15, -0.1) is 11.3 Å². The van der Waals surface area contributed by atoms with Crippen LogP contribution in [0.3, 0.4) is 0 Å². The van der Waals surface area contributed by atoms with Gasteiger partial charge in [-0.05, 0) is 39.2 Å². The van der Waals surface area contributed by atoms with Crippen molar-refractivity contribution in [2.24, 2.45) is 0 Å². The van der Waals surface area contributed by atoms with Gasteiger partial charge in [0.2, 0.25) is 0 Å². The van der Waals surface area contributed by atoms with Gasteiger partial charge in [0, 0.05) is 0 Å². The number of halogens is 1. The molecule has 16 heavy (non-hydrogen) atoms. The van der Waals surface area contributed by atoms with E-state index in [1.165, 1.54) is 15.8 Å². The molecule has 2 aromatic carbocycles. The molecule has 0 fully saturated rings. The van der Waals surface area contributed by atoms with Crippen LogP contribution in [0, 0.1) is 0 Å². The van der Waals surface area contributed by atoms with Crippen molar-refractivity contribution in [3.8, 4) is 11.1 Å². The molecule has 0 saturated heterocycles. The Balaban J connectivity index is 2.18. The highest BCUT2D eigenvalue weighted by Crippen LogP contribution is 2.30. The molecule has 78 valence electrons. The fourth-order valence-corrected chi connectivity index (χ4v) is 3.15. The van der Waals surface area contributed by atoms with Gasteiger partial charge in [0.15, 0.2) is 3.92 Å². The number of aromatic nitrogens is 1. The smallest absolute Gasteiger partial charge is 0.160 e. The molecule has 0 amide bonds. The van der Waals surface area contributed by atoms with Crippen molar-refractivity contribution in [2.45, 2.75) is 0 Å². The molecular weight excluding hydrogens is 282 g/mol. The molecule has 0 aliphatic rings. The van der Waals surface area contributed by atoms with E-state index in [2.05, 4.69) is 63.4 Å². The largest absolute Gasteiger partial charge is 0.229 e. The first-order chi connectivity index (χ1) is 7.83. The Morgan fingerprint density at radius 1 is 0.938 bits per heavy atom. The van der Waals surface area contributed by atoms with E-state index < -0.39 is 0 Å². The number of nitrogens with zero attached hydrogens (tertiary/aromatic N) is 1. The van der Waals surface area contributed by atoms with E-state index in [-0.39, 0.29) is 0 Å². The maximum absolute atomic E-state index is 4.38. The van der Waals surface area contributed by atoms with Crippen LogP contribution in [-0.4, -0.2) is 4.98 Å².